The number of rotatable bonds is 4. The number of nitrogens with two attached hydrogens (primary N) is 1. The first-order valence-electron chi connectivity index (χ1n) is 5.85. The molecule has 0 aliphatic heterocycles. The summed E-state index contributed by atoms with van der Waals surface area (Å²) in [5, 5.41) is 0. The van der Waals surface area contributed by atoms with E-state index in [-0.39, 0.29) is 12.2 Å². The first-order chi connectivity index (χ1) is 9.40. The quantitative estimate of drug-likeness (QED) is 0.775. The van der Waals surface area contributed by atoms with Gasteiger partial charge in [0.05, 0.1) is 16.5 Å². The van der Waals surface area contributed by atoms with E-state index >= 15 is 0 Å². The molecule has 0 aliphatic rings. The zero-order valence-electron chi connectivity index (χ0n) is 10.7. The lowest BCUT2D eigenvalue weighted by Gasteiger charge is -2.02. The van der Waals surface area contributed by atoms with Crippen molar-refractivity contribution in [3.63, 3.8) is 0 Å². The Labute approximate surface area is 133 Å². The Morgan fingerprint density at radius 2 is 2.00 bits per heavy atom. The molecule has 104 valence electrons. The van der Waals surface area contributed by atoms with Crippen LogP contribution in [-0.2, 0) is 11.2 Å². The number of H-pyrrole nitrogens is 1. The normalized spacial score (nSPS) is 10.6. The predicted molar refractivity (Wildman–Crippen MR) is 83.7 cm³/mol. The predicted octanol–water partition coefficient (Wildman–Crippen LogP) is 3.11. The molecule has 2 aromatic rings. The maximum absolute atomic E-state index is 12.6. The third-order valence-corrected chi connectivity index (χ3v) is 4.23. The number of aromatic amines is 1. The molecule has 3 N–H and O–H groups in total. The van der Waals surface area contributed by atoms with Crippen LogP contribution in [0.15, 0.2) is 33.2 Å². The van der Waals surface area contributed by atoms with Crippen molar-refractivity contribution in [2.24, 2.45) is 5.73 Å². The molecule has 0 atom stereocenters. The van der Waals surface area contributed by atoms with Crippen LogP contribution < -0.4 is 5.73 Å². The Bertz CT molecular complexity index is 692. The number of halogens is 2. The molecule has 0 fully saturated rings. The van der Waals surface area contributed by atoms with Gasteiger partial charge in [0, 0.05) is 21.4 Å². The highest BCUT2D eigenvalue weighted by Crippen LogP contribution is 2.28. The third-order valence-electron chi connectivity index (χ3n) is 2.86. The Balaban J connectivity index is 2.45. The van der Waals surface area contributed by atoms with Gasteiger partial charge in [-0.2, -0.15) is 0 Å². The van der Waals surface area contributed by atoms with Crippen LogP contribution >= 0.6 is 31.9 Å². The summed E-state index contributed by atoms with van der Waals surface area (Å²) in [5.74, 6) is -0.559. The van der Waals surface area contributed by atoms with Crippen LogP contribution in [0.2, 0.25) is 0 Å². The molecule has 0 saturated heterocycles. The smallest absolute Gasteiger partial charge is 0.223 e. The summed E-state index contributed by atoms with van der Waals surface area (Å²) in [5.41, 5.74) is 7.62. The maximum Gasteiger partial charge on any atom is 0.223 e. The minimum absolute atomic E-state index is 0.0627. The van der Waals surface area contributed by atoms with Crippen LogP contribution in [0.4, 0.5) is 0 Å². The monoisotopic (exact) mass is 398 g/mol. The summed E-state index contributed by atoms with van der Waals surface area (Å²) >= 11 is 6.72. The number of hydrogen-bond acceptors (Lipinski definition) is 2. The fourth-order valence-corrected chi connectivity index (χ4v) is 3.12. The highest BCUT2D eigenvalue weighted by atomic mass is 79.9. The van der Waals surface area contributed by atoms with Gasteiger partial charge in [-0.3, -0.25) is 9.59 Å². The van der Waals surface area contributed by atoms with Crippen LogP contribution in [0.1, 0.15) is 27.3 Å². The van der Waals surface area contributed by atoms with Crippen molar-refractivity contribution >= 4 is 43.6 Å². The maximum atomic E-state index is 12.6. The summed E-state index contributed by atoms with van der Waals surface area (Å²) in [6.45, 7) is 1.79. The van der Waals surface area contributed by atoms with E-state index in [1.807, 2.05) is 6.07 Å². The van der Waals surface area contributed by atoms with Gasteiger partial charge in [-0.15, -0.1) is 0 Å². The average molecular weight is 400 g/mol. The molecule has 0 bridgehead atoms. The Morgan fingerprint density at radius 1 is 1.30 bits per heavy atom. The molecule has 0 saturated carbocycles. The Hall–Kier alpha value is -1.40. The molecule has 1 heterocycles. The molecule has 0 spiro atoms. The summed E-state index contributed by atoms with van der Waals surface area (Å²) in [4.78, 5) is 26.6. The highest BCUT2D eigenvalue weighted by molar-refractivity contribution is 9.10. The van der Waals surface area contributed by atoms with Gasteiger partial charge in [0.15, 0.2) is 5.78 Å². The van der Waals surface area contributed by atoms with E-state index in [1.165, 1.54) is 0 Å². The van der Waals surface area contributed by atoms with E-state index in [2.05, 4.69) is 36.8 Å². The highest BCUT2D eigenvalue weighted by Gasteiger charge is 2.21. The van der Waals surface area contributed by atoms with Crippen LogP contribution in [-0.4, -0.2) is 16.7 Å². The molecule has 2 rings (SSSR count). The van der Waals surface area contributed by atoms with Crippen molar-refractivity contribution in [2.45, 2.75) is 13.3 Å². The number of nitrogens with one attached hydrogen (secondary N) is 1. The van der Waals surface area contributed by atoms with Crippen LogP contribution in [0.5, 0.6) is 0 Å². The standard InChI is InChI=1S/C14H12Br2N2O2/c1-7-12(13(16)10(18-7)6-11(17)19)14(20)8-3-2-4-9(15)5-8/h2-5,18H,6H2,1H3,(H2,17,19). The molecule has 6 heteroatoms. The van der Waals surface area contributed by atoms with Gasteiger partial charge in [-0.05, 0) is 35.0 Å². The van der Waals surface area contributed by atoms with Crippen molar-refractivity contribution in [1.29, 1.82) is 0 Å². The summed E-state index contributed by atoms with van der Waals surface area (Å²) in [6.07, 6.45) is 0.0627. The molecule has 0 radical (unpaired) electrons. The third kappa shape index (κ3) is 3.02. The second-order valence-corrected chi connectivity index (χ2v) is 6.11. The van der Waals surface area contributed by atoms with Crippen molar-refractivity contribution in [3.8, 4) is 0 Å². The number of ketones is 1. The van der Waals surface area contributed by atoms with Gasteiger partial charge in [-0.25, -0.2) is 0 Å². The van der Waals surface area contributed by atoms with Crippen LogP contribution in [0, 0.1) is 6.92 Å². The second-order valence-electron chi connectivity index (χ2n) is 4.40. The summed E-state index contributed by atoms with van der Waals surface area (Å²) < 4.78 is 1.43. The van der Waals surface area contributed by atoms with E-state index < -0.39 is 5.91 Å². The van der Waals surface area contributed by atoms with Gasteiger partial charge >= 0.3 is 0 Å². The van der Waals surface area contributed by atoms with Gasteiger partial charge < -0.3 is 10.7 Å². The van der Waals surface area contributed by atoms with E-state index in [4.69, 9.17) is 5.73 Å². The fraction of sp³-hybridized carbons (Fsp3) is 0.143. The lowest BCUT2D eigenvalue weighted by molar-refractivity contribution is -0.117. The zero-order valence-corrected chi connectivity index (χ0v) is 13.8. The van der Waals surface area contributed by atoms with E-state index in [9.17, 15) is 9.59 Å². The number of primary amides is 1. The molecular weight excluding hydrogens is 388 g/mol. The molecule has 0 unspecified atom stereocenters. The molecule has 4 nitrogen and oxygen atoms in total. The van der Waals surface area contributed by atoms with Crippen molar-refractivity contribution in [3.05, 3.63) is 55.7 Å². The Morgan fingerprint density at radius 3 is 2.60 bits per heavy atom. The van der Waals surface area contributed by atoms with Crippen LogP contribution in [0.25, 0.3) is 0 Å². The summed E-state index contributed by atoms with van der Waals surface area (Å²) in [7, 11) is 0. The summed E-state index contributed by atoms with van der Waals surface area (Å²) in [6, 6.07) is 7.17. The van der Waals surface area contributed by atoms with Gasteiger partial charge in [0.1, 0.15) is 0 Å². The minimum Gasteiger partial charge on any atom is -0.369 e. The molecular formula is C14H12Br2N2O2. The minimum atomic E-state index is -0.451. The van der Waals surface area contributed by atoms with Crippen molar-refractivity contribution in [1.82, 2.24) is 4.98 Å². The van der Waals surface area contributed by atoms with Gasteiger partial charge in [-0.1, -0.05) is 28.1 Å². The zero-order chi connectivity index (χ0) is 14.9. The molecule has 1 aromatic carbocycles. The number of benzene rings is 1. The first-order valence-corrected chi connectivity index (χ1v) is 7.44. The molecule has 1 amide bonds. The van der Waals surface area contributed by atoms with E-state index in [1.54, 1.807) is 25.1 Å². The lowest BCUT2D eigenvalue weighted by Crippen LogP contribution is -2.14. The number of amides is 1. The van der Waals surface area contributed by atoms with Gasteiger partial charge in [0.2, 0.25) is 5.91 Å². The van der Waals surface area contributed by atoms with Crippen molar-refractivity contribution in [2.75, 3.05) is 0 Å². The number of aryl methyl sites for hydroxylation is 1. The number of carbonyl (C=O) groups excluding carboxylic acids is 2. The fourth-order valence-electron chi connectivity index (χ4n) is 2.00. The van der Waals surface area contributed by atoms with Gasteiger partial charge in [0.25, 0.3) is 0 Å². The number of carbonyl (C=O) groups is 2. The SMILES string of the molecule is Cc1[nH]c(CC(N)=O)c(Br)c1C(=O)c1cccc(Br)c1. The Kier molecular flexibility index (Phi) is 4.45. The largest absolute Gasteiger partial charge is 0.369 e. The number of aromatic nitrogens is 1. The van der Waals surface area contributed by atoms with Crippen LogP contribution in [0.3, 0.4) is 0 Å². The molecule has 1 aromatic heterocycles. The van der Waals surface area contributed by atoms with E-state index in [0.29, 0.717) is 27.0 Å². The lowest BCUT2D eigenvalue weighted by atomic mass is 10.0. The number of hydrogen-bond donors (Lipinski definition) is 2. The molecule has 20 heavy (non-hydrogen) atoms. The first kappa shape index (κ1) is 15.0. The van der Waals surface area contributed by atoms with E-state index in [0.717, 1.165) is 4.47 Å². The average Bonchev–Trinajstić information content (AvgIpc) is 2.63. The second kappa shape index (κ2) is 5.93. The topological polar surface area (TPSA) is 76.0 Å². The molecule has 0 aliphatic carbocycles. The van der Waals surface area contributed by atoms with Crippen molar-refractivity contribution < 1.29 is 9.59 Å².